The van der Waals surface area contributed by atoms with Gasteiger partial charge in [-0.05, 0) is 44.9 Å². The van der Waals surface area contributed by atoms with Crippen molar-refractivity contribution in [3.8, 4) is 0 Å². The molecule has 0 radical (unpaired) electrons. The fourth-order valence-electron chi connectivity index (χ4n) is 2.01. The van der Waals surface area contributed by atoms with Gasteiger partial charge in [0.05, 0.1) is 17.4 Å². The molecule has 1 heterocycles. The maximum absolute atomic E-state index is 11.6. The minimum absolute atomic E-state index is 0.169. The summed E-state index contributed by atoms with van der Waals surface area (Å²) in [4.78, 5) is 18.8. The van der Waals surface area contributed by atoms with Gasteiger partial charge in [-0.3, -0.25) is 0 Å². The van der Waals surface area contributed by atoms with E-state index in [0.717, 1.165) is 16.6 Å². The Bertz CT molecular complexity index is 615. The molecule has 4 N–H and O–H groups in total. The van der Waals surface area contributed by atoms with Crippen LogP contribution in [0, 0.1) is 0 Å². The van der Waals surface area contributed by atoms with E-state index in [-0.39, 0.29) is 6.04 Å². The third-order valence-corrected chi connectivity index (χ3v) is 2.89. The van der Waals surface area contributed by atoms with Gasteiger partial charge in [0.1, 0.15) is 5.60 Å². The molecule has 0 aliphatic rings. The zero-order chi connectivity index (χ0) is 15.5. The largest absolute Gasteiger partial charge is 0.444 e. The van der Waals surface area contributed by atoms with Gasteiger partial charge in [-0.2, -0.15) is 0 Å². The summed E-state index contributed by atoms with van der Waals surface area (Å²) in [6, 6.07) is 5.80. The Labute approximate surface area is 124 Å². The van der Waals surface area contributed by atoms with Crippen LogP contribution in [0.15, 0.2) is 24.5 Å². The number of imidazole rings is 1. The van der Waals surface area contributed by atoms with Crippen molar-refractivity contribution in [1.82, 2.24) is 15.3 Å². The van der Waals surface area contributed by atoms with Crippen LogP contribution in [0.3, 0.4) is 0 Å². The van der Waals surface area contributed by atoms with Crippen LogP contribution in [0.5, 0.6) is 0 Å². The van der Waals surface area contributed by atoms with Crippen LogP contribution in [0.25, 0.3) is 11.0 Å². The van der Waals surface area contributed by atoms with Crippen molar-refractivity contribution < 1.29 is 9.53 Å². The van der Waals surface area contributed by atoms with E-state index in [1.807, 2.05) is 39.0 Å². The maximum Gasteiger partial charge on any atom is 0.407 e. The molecule has 2 aromatic rings. The number of nitrogens with two attached hydrogens (primary N) is 1. The van der Waals surface area contributed by atoms with Gasteiger partial charge in [-0.1, -0.05) is 6.07 Å². The van der Waals surface area contributed by atoms with Gasteiger partial charge in [0.2, 0.25) is 0 Å². The molecule has 114 valence electrons. The zero-order valence-corrected chi connectivity index (χ0v) is 12.6. The normalized spacial score (nSPS) is 13.1. The summed E-state index contributed by atoms with van der Waals surface area (Å²) < 4.78 is 5.17. The number of alkyl carbamates (subject to hydrolysis) is 1. The maximum atomic E-state index is 11.6. The minimum Gasteiger partial charge on any atom is -0.444 e. The monoisotopic (exact) mass is 290 g/mol. The molecule has 1 aromatic carbocycles. The second-order valence-corrected chi connectivity index (χ2v) is 6.10. The molecule has 1 atom stereocenters. The standard InChI is InChI=1S/C15H22N4O2/c1-15(2,3)21-14(20)17-8-11(16)6-10-4-5-12-13(7-10)19-9-18-12/h4-5,7,9,11H,6,8,16H2,1-3H3,(H,17,20)(H,18,19). The molecule has 0 aliphatic heterocycles. The van der Waals surface area contributed by atoms with Crippen molar-refractivity contribution in [3.05, 3.63) is 30.1 Å². The predicted octanol–water partition coefficient (Wildman–Crippen LogP) is 1.96. The number of ether oxygens (including phenoxy) is 1. The first-order valence-corrected chi connectivity index (χ1v) is 6.98. The molecular formula is C15H22N4O2. The summed E-state index contributed by atoms with van der Waals surface area (Å²) in [5.74, 6) is 0. The first-order chi connectivity index (χ1) is 9.83. The number of nitrogens with one attached hydrogen (secondary N) is 2. The van der Waals surface area contributed by atoms with Crippen molar-refractivity contribution in [2.45, 2.75) is 38.8 Å². The van der Waals surface area contributed by atoms with Crippen LogP contribution in [0.2, 0.25) is 0 Å². The van der Waals surface area contributed by atoms with Crippen molar-refractivity contribution in [1.29, 1.82) is 0 Å². The predicted molar refractivity (Wildman–Crippen MR) is 82.0 cm³/mol. The van der Waals surface area contributed by atoms with Gasteiger partial charge in [-0.15, -0.1) is 0 Å². The van der Waals surface area contributed by atoms with Gasteiger partial charge in [-0.25, -0.2) is 9.78 Å². The van der Waals surface area contributed by atoms with Crippen LogP contribution in [-0.2, 0) is 11.2 Å². The topological polar surface area (TPSA) is 93.0 Å². The van der Waals surface area contributed by atoms with Crippen molar-refractivity contribution in [2.24, 2.45) is 5.73 Å². The molecule has 1 unspecified atom stereocenters. The van der Waals surface area contributed by atoms with Crippen molar-refractivity contribution in [2.75, 3.05) is 6.54 Å². The molecule has 2 rings (SSSR count). The first kappa shape index (κ1) is 15.3. The van der Waals surface area contributed by atoms with Gasteiger partial charge < -0.3 is 20.8 Å². The van der Waals surface area contributed by atoms with Crippen LogP contribution in [-0.4, -0.2) is 34.2 Å². The highest BCUT2D eigenvalue weighted by molar-refractivity contribution is 5.75. The Morgan fingerprint density at radius 2 is 2.24 bits per heavy atom. The number of hydrogen-bond acceptors (Lipinski definition) is 4. The summed E-state index contributed by atoms with van der Waals surface area (Å²) in [6.07, 6.45) is 1.89. The number of nitrogens with zero attached hydrogens (tertiary/aromatic N) is 1. The van der Waals surface area contributed by atoms with E-state index in [4.69, 9.17) is 10.5 Å². The Morgan fingerprint density at radius 1 is 1.48 bits per heavy atom. The summed E-state index contributed by atoms with van der Waals surface area (Å²) in [7, 11) is 0. The second kappa shape index (κ2) is 6.13. The molecule has 1 amide bonds. The van der Waals surface area contributed by atoms with Crippen LogP contribution in [0.1, 0.15) is 26.3 Å². The molecule has 6 heteroatoms. The fraction of sp³-hybridized carbons (Fsp3) is 0.467. The van der Waals surface area contributed by atoms with Crippen molar-refractivity contribution >= 4 is 17.1 Å². The average molecular weight is 290 g/mol. The quantitative estimate of drug-likeness (QED) is 0.802. The lowest BCUT2D eigenvalue weighted by atomic mass is 10.1. The molecule has 6 nitrogen and oxygen atoms in total. The summed E-state index contributed by atoms with van der Waals surface area (Å²) in [5.41, 5.74) is 8.56. The first-order valence-electron chi connectivity index (χ1n) is 6.98. The number of H-pyrrole nitrogens is 1. The highest BCUT2D eigenvalue weighted by atomic mass is 16.6. The summed E-state index contributed by atoms with van der Waals surface area (Å²) in [5, 5.41) is 2.69. The van der Waals surface area contributed by atoms with Crippen LogP contribution >= 0.6 is 0 Å². The number of carbonyl (C=O) groups excluding carboxylic acids is 1. The highest BCUT2D eigenvalue weighted by Crippen LogP contribution is 2.12. The number of rotatable bonds is 4. The fourth-order valence-corrected chi connectivity index (χ4v) is 2.01. The van der Waals surface area contributed by atoms with Crippen molar-refractivity contribution in [3.63, 3.8) is 0 Å². The Morgan fingerprint density at radius 3 is 2.95 bits per heavy atom. The lowest BCUT2D eigenvalue weighted by Crippen LogP contribution is -2.41. The van der Waals surface area contributed by atoms with E-state index < -0.39 is 11.7 Å². The lowest BCUT2D eigenvalue weighted by Gasteiger charge is -2.20. The van der Waals surface area contributed by atoms with E-state index in [1.54, 1.807) is 6.33 Å². The Balaban J connectivity index is 1.84. The number of carbonyl (C=O) groups is 1. The Hall–Kier alpha value is -2.08. The molecule has 0 saturated heterocycles. The van der Waals surface area contributed by atoms with Crippen LogP contribution < -0.4 is 11.1 Å². The third kappa shape index (κ3) is 4.75. The molecule has 0 aliphatic carbocycles. The number of aromatic nitrogens is 2. The molecule has 21 heavy (non-hydrogen) atoms. The third-order valence-electron chi connectivity index (χ3n) is 2.89. The van der Waals surface area contributed by atoms with Gasteiger partial charge in [0.25, 0.3) is 0 Å². The SMILES string of the molecule is CC(C)(C)OC(=O)NCC(N)Cc1ccc2nc[nH]c2c1. The van der Waals surface area contributed by atoms with Gasteiger partial charge in [0, 0.05) is 12.6 Å². The lowest BCUT2D eigenvalue weighted by molar-refractivity contribution is 0.0524. The Kier molecular flexibility index (Phi) is 4.47. The molecular weight excluding hydrogens is 268 g/mol. The summed E-state index contributed by atoms with van der Waals surface area (Å²) >= 11 is 0. The van der Waals surface area contributed by atoms with E-state index in [0.29, 0.717) is 13.0 Å². The molecule has 0 bridgehead atoms. The zero-order valence-electron chi connectivity index (χ0n) is 12.6. The summed E-state index contributed by atoms with van der Waals surface area (Å²) in [6.45, 7) is 5.85. The molecule has 0 spiro atoms. The molecule has 0 fully saturated rings. The van der Waals surface area contributed by atoms with Gasteiger partial charge >= 0.3 is 6.09 Å². The van der Waals surface area contributed by atoms with E-state index >= 15 is 0 Å². The average Bonchev–Trinajstić information content (AvgIpc) is 2.81. The molecule has 1 aromatic heterocycles. The number of fused-ring (bicyclic) bond motifs is 1. The second-order valence-electron chi connectivity index (χ2n) is 6.10. The smallest absolute Gasteiger partial charge is 0.407 e. The van der Waals surface area contributed by atoms with Crippen LogP contribution in [0.4, 0.5) is 4.79 Å². The van der Waals surface area contributed by atoms with E-state index in [2.05, 4.69) is 15.3 Å². The minimum atomic E-state index is -0.500. The highest BCUT2D eigenvalue weighted by Gasteiger charge is 2.16. The number of amides is 1. The number of benzene rings is 1. The van der Waals surface area contributed by atoms with E-state index in [1.165, 1.54) is 0 Å². The van der Waals surface area contributed by atoms with E-state index in [9.17, 15) is 4.79 Å². The number of hydrogen-bond donors (Lipinski definition) is 3. The number of aromatic amines is 1. The molecule has 0 saturated carbocycles. The van der Waals surface area contributed by atoms with Gasteiger partial charge in [0.15, 0.2) is 0 Å².